The van der Waals surface area contributed by atoms with Gasteiger partial charge in [-0.15, -0.1) is 0 Å². The first kappa shape index (κ1) is 19.3. The number of carbonyl (C=O) groups is 1. The quantitative estimate of drug-likeness (QED) is 0.643. The fourth-order valence-electron chi connectivity index (χ4n) is 2.35. The number of sulfonamides is 2. The van der Waals surface area contributed by atoms with Gasteiger partial charge in [-0.3, -0.25) is 9.52 Å². The van der Waals surface area contributed by atoms with Crippen LogP contribution in [0.15, 0.2) is 58.3 Å². The third-order valence-electron chi connectivity index (χ3n) is 4.05. The van der Waals surface area contributed by atoms with Gasteiger partial charge in [-0.2, -0.15) is 0 Å². The van der Waals surface area contributed by atoms with Gasteiger partial charge < -0.3 is 5.32 Å². The molecule has 3 rings (SSSR count). The van der Waals surface area contributed by atoms with Crippen LogP contribution in [0.5, 0.6) is 0 Å². The maximum absolute atomic E-state index is 12.5. The van der Waals surface area contributed by atoms with Crippen LogP contribution in [0.1, 0.15) is 12.8 Å². The van der Waals surface area contributed by atoms with E-state index in [1.165, 1.54) is 37.4 Å². The van der Waals surface area contributed by atoms with Crippen LogP contribution in [0, 0.1) is 5.92 Å². The lowest BCUT2D eigenvalue weighted by Crippen LogP contribution is -2.19. The van der Waals surface area contributed by atoms with E-state index in [1.54, 1.807) is 12.1 Å². The molecule has 1 aliphatic rings. The summed E-state index contributed by atoms with van der Waals surface area (Å²) in [7, 11) is -6.48. The highest BCUT2D eigenvalue weighted by Crippen LogP contribution is 2.30. The Morgan fingerprint density at radius 2 is 1.44 bits per heavy atom. The Labute approximate surface area is 158 Å². The molecule has 3 N–H and O–H groups in total. The molecule has 0 heterocycles. The molecular weight excluding hydrogens is 390 g/mol. The second-order valence-corrected chi connectivity index (χ2v) is 9.70. The SMILES string of the molecule is CNS(=O)(=O)c1cccc(S(=O)(=O)Nc2ccc(NC(=O)C3CC3)cc2)c1. The molecule has 27 heavy (non-hydrogen) atoms. The van der Waals surface area contributed by atoms with Gasteiger partial charge in [0, 0.05) is 17.3 Å². The van der Waals surface area contributed by atoms with Gasteiger partial charge in [0.2, 0.25) is 15.9 Å². The van der Waals surface area contributed by atoms with E-state index in [0.29, 0.717) is 11.4 Å². The molecule has 0 aliphatic heterocycles. The average Bonchev–Trinajstić information content (AvgIpc) is 3.48. The maximum atomic E-state index is 12.5. The van der Waals surface area contributed by atoms with Gasteiger partial charge in [0.05, 0.1) is 9.79 Å². The predicted molar refractivity (Wildman–Crippen MR) is 101 cm³/mol. The zero-order valence-electron chi connectivity index (χ0n) is 14.5. The fourth-order valence-corrected chi connectivity index (χ4v) is 4.31. The van der Waals surface area contributed by atoms with Crippen molar-refractivity contribution in [2.45, 2.75) is 22.6 Å². The number of hydrogen-bond acceptors (Lipinski definition) is 5. The molecule has 0 bridgehead atoms. The molecule has 1 aliphatic carbocycles. The highest BCUT2D eigenvalue weighted by atomic mass is 32.2. The smallest absolute Gasteiger partial charge is 0.261 e. The molecule has 0 aromatic heterocycles. The van der Waals surface area contributed by atoms with E-state index >= 15 is 0 Å². The molecule has 0 atom stereocenters. The van der Waals surface area contributed by atoms with Crippen LogP contribution in [-0.2, 0) is 24.8 Å². The van der Waals surface area contributed by atoms with Crippen LogP contribution in [0.4, 0.5) is 11.4 Å². The van der Waals surface area contributed by atoms with E-state index in [4.69, 9.17) is 0 Å². The zero-order chi connectivity index (χ0) is 19.7. The standard InChI is InChI=1S/C17H19N3O5S2/c1-18-26(22,23)15-3-2-4-16(11-15)27(24,25)20-14-9-7-13(8-10-14)19-17(21)12-5-6-12/h2-4,7-12,18,20H,5-6H2,1H3,(H,19,21). The number of hydrogen-bond donors (Lipinski definition) is 3. The van der Waals surface area contributed by atoms with Crippen LogP contribution >= 0.6 is 0 Å². The van der Waals surface area contributed by atoms with Crippen LogP contribution in [0.25, 0.3) is 0 Å². The summed E-state index contributed by atoms with van der Waals surface area (Å²) in [6.07, 6.45) is 1.79. The van der Waals surface area contributed by atoms with Crippen molar-refractivity contribution in [1.29, 1.82) is 0 Å². The van der Waals surface area contributed by atoms with Gasteiger partial charge in [0.15, 0.2) is 0 Å². The topological polar surface area (TPSA) is 121 Å². The van der Waals surface area contributed by atoms with E-state index in [-0.39, 0.29) is 21.6 Å². The summed E-state index contributed by atoms with van der Waals surface area (Å²) < 4.78 is 53.3. The van der Waals surface area contributed by atoms with Crippen molar-refractivity contribution in [2.24, 2.45) is 5.92 Å². The molecule has 144 valence electrons. The summed E-state index contributed by atoms with van der Waals surface area (Å²) >= 11 is 0. The molecule has 0 unspecified atom stereocenters. The van der Waals surface area contributed by atoms with Crippen LogP contribution in [-0.4, -0.2) is 29.8 Å². The lowest BCUT2D eigenvalue weighted by Gasteiger charge is -2.10. The molecular formula is C17H19N3O5S2. The third-order valence-corrected chi connectivity index (χ3v) is 6.84. The van der Waals surface area contributed by atoms with E-state index in [1.807, 2.05) is 0 Å². The lowest BCUT2D eigenvalue weighted by molar-refractivity contribution is -0.117. The first-order valence-electron chi connectivity index (χ1n) is 8.19. The Bertz CT molecular complexity index is 1060. The lowest BCUT2D eigenvalue weighted by atomic mass is 10.2. The summed E-state index contributed by atoms with van der Waals surface area (Å²) in [6, 6.07) is 11.3. The second-order valence-electron chi connectivity index (χ2n) is 6.13. The molecule has 2 aromatic carbocycles. The van der Waals surface area contributed by atoms with E-state index < -0.39 is 20.0 Å². The van der Waals surface area contributed by atoms with Crippen LogP contribution in [0.2, 0.25) is 0 Å². The molecule has 0 radical (unpaired) electrons. The normalized spacial score (nSPS) is 14.6. The number of nitrogens with one attached hydrogen (secondary N) is 3. The minimum absolute atomic E-state index is 0.0362. The van der Waals surface area contributed by atoms with Crippen LogP contribution in [0.3, 0.4) is 0 Å². The Balaban J connectivity index is 1.76. The highest BCUT2D eigenvalue weighted by Gasteiger charge is 2.29. The van der Waals surface area contributed by atoms with Crippen molar-refractivity contribution in [3.05, 3.63) is 48.5 Å². The summed E-state index contributed by atoms with van der Waals surface area (Å²) in [5, 5.41) is 2.77. The molecule has 1 saturated carbocycles. The Kier molecular flexibility index (Phi) is 5.22. The van der Waals surface area contributed by atoms with Crippen molar-refractivity contribution in [1.82, 2.24) is 4.72 Å². The Morgan fingerprint density at radius 3 is 2.00 bits per heavy atom. The minimum Gasteiger partial charge on any atom is -0.326 e. The monoisotopic (exact) mass is 409 g/mol. The van der Waals surface area contributed by atoms with E-state index in [2.05, 4.69) is 14.8 Å². The first-order chi connectivity index (χ1) is 12.7. The number of rotatable bonds is 7. The second kappa shape index (κ2) is 7.29. The molecule has 10 heteroatoms. The Hall–Kier alpha value is -2.43. The first-order valence-corrected chi connectivity index (χ1v) is 11.2. The fraction of sp³-hybridized carbons (Fsp3) is 0.235. The maximum Gasteiger partial charge on any atom is 0.261 e. The molecule has 8 nitrogen and oxygen atoms in total. The third kappa shape index (κ3) is 4.65. The highest BCUT2D eigenvalue weighted by molar-refractivity contribution is 7.93. The van der Waals surface area contributed by atoms with Crippen molar-refractivity contribution in [3.8, 4) is 0 Å². The van der Waals surface area contributed by atoms with Gasteiger partial charge in [0.25, 0.3) is 10.0 Å². The minimum atomic E-state index is -3.97. The van der Waals surface area contributed by atoms with Gasteiger partial charge in [-0.1, -0.05) is 6.07 Å². The van der Waals surface area contributed by atoms with Gasteiger partial charge in [-0.05, 0) is 62.4 Å². The molecule has 1 amide bonds. The Morgan fingerprint density at radius 1 is 0.889 bits per heavy atom. The summed E-state index contributed by atoms with van der Waals surface area (Å²) in [5.74, 6) is 0.0373. The number of anilines is 2. The van der Waals surface area contributed by atoms with E-state index in [0.717, 1.165) is 18.9 Å². The molecule has 0 saturated heterocycles. The van der Waals surface area contributed by atoms with Crippen molar-refractivity contribution in [2.75, 3.05) is 17.1 Å². The van der Waals surface area contributed by atoms with Crippen molar-refractivity contribution >= 4 is 37.3 Å². The van der Waals surface area contributed by atoms with Crippen molar-refractivity contribution < 1.29 is 21.6 Å². The largest absolute Gasteiger partial charge is 0.326 e. The predicted octanol–water partition coefficient (Wildman–Crippen LogP) is 1.74. The summed E-state index contributed by atoms with van der Waals surface area (Å²) in [5.41, 5.74) is 0.873. The number of amides is 1. The summed E-state index contributed by atoms with van der Waals surface area (Å²) in [6.45, 7) is 0. The van der Waals surface area contributed by atoms with E-state index in [9.17, 15) is 21.6 Å². The average molecular weight is 409 g/mol. The molecule has 2 aromatic rings. The zero-order valence-corrected chi connectivity index (χ0v) is 16.1. The molecule has 1 fully saturated rings. The van der Waals surface area contributed by atoms with Crippen molar-refractivity contribution in [3.63, 3.8) is 0 Å². The van der Waals surface area contributed by atoms with Crippen LogP contribution < -0.4 is 14.8 Å². The van der Waals surface area contributed by atoms with Gasteiger partial charge in [0.1, 0.15) is 0 Å². The number of carbonyl (C=O) groups excluding carboxylic acids is 1. The van der Waals surface area contributed by atoms with Gasteiger partial charge in [-0.25, -0.2) is 21.6 Å². The van der Waals surface area contributed by atoms with Gasteiger partial charge >= 0.3 is 0 Å². The summed E-state index contributed by atoms with van der Waals surface area (Å²) in [4.78, 5) is 11.4. The number of benzene rings is 2. The molecule has 0 spiro atoms.